The predicted molar refractivity (Wildman–Crippen MR) is 137 cm³/mol. The first-order valence-corrected chi connectivity index (χ1v) is 13.1. The van der Waals surface area contributed by atoms with E-state index in [1.807, 2.05) is 10.3 Å². The van der Waals surface area contributed by atoms with Crippen LogP contribution >= 0.6 is 23.6 Å². The van der Waals surface area contributed by atoms with Crippen molar-refractivity contribution in [2.45, 2.75) is 33.2 Å². The maximum absolute atomic E-state index is 12.6. The minimum atomic E-state index is -0.863. The van der Waals surface area contributed by atoms with Crippen molar-refractivity contribution in [3.63, 3.8) is 0 Å². The molecule has 0 amide bonds. The third-order valence-corrected chi connectivity index (χ3v) is 7.82. The summed E-state index contributed by atoms with van der Waals surface area (Å²) in [4.78, 5) is 39.7. The highest BCUT2D eigenvalue weighted by molar-refractivity contribution is 7.80. The van der Waals surface area contributed by atoms with E-state index in [1.54, 1.807) is 27.0 Å². The smallest absolute Gasteiger partial charge is 0.337 e. The van der Waals surface area contributed by atoms with Gasteiger partial charge in [-0.1, -0.05) is 0 Å². The fourth-order valence-electron chi connectivity index (χ4n) is 4.57. The molecule has 1 aromatic rings. The van der Waals surface area contributed by atoms with E-state index in [0.29, 0.717) is 31.1 Å². The Hall–Kier alpha value is -2.57. The molecular formula is C23H32N6O4S2. The van der Waals surface area contributed by atoms with Crippen LogP contribution in [-0.4, -0.2) is 106 Å². The Morgan fingerprint density at radius 2 is 2.14 bits per heavy atom. The van der Waals surface area contributed by atoms with Gasteiger partial charge in [0, 0.05) is 62.6 Å². The summed E-state index contributed by atoms with van der Waals surface area (Å²) in [5.41, 5.74) is 0.494. The van der Waals surface area contributed by atoms with Crippen LogP contribution in [0, 0.1) is 5.41 Å². The van der Waals surface area contributed by atoms with Crippen molar-refractivity contribution in [3.8, 4) is 0 Å². The number of aliphatic carboxylic acids is 1. The molecule has 10 nitrogen and oxygen atoms in total. The van der Waals surface area contributed by atoms with Crippen molar-refractivity contribution in [1.82, 2.24) is 25.0 Å². The number of carboxylic acids is 1. The number of carboxylic acid groups (broad SMARTS) is 1. The molecule has 2 saturated heterocycles. The van der Waals surface area contributed by atoms with Crippen LogP contribution in [0.4, 0.5) is 0 Å². The lowest BCUT2D eigenvalue weighted by atomic mass is 9.92. The number of carbonyl (C=O) groups is 2. The molecule has 0 aliphatic carbocycles. The Balaban J connectivity index is 1.43. The lowest BCUT2D eigenvalue weighted by molar-refractivity contribution is -0.147. The van der Waals surface area contributed by atoms with Crippen LogP contribution in [0.15, 0.2) is 27.8 Å². The molecule has 0 unspecified atom stereocenters. The van der Waals surface area contributed by atoms with Crippen molar-refractivity contribution >= 4 is 46.4 Å². The predicted octanol–water partition coefficient (Wildman–Crippen LogP) is 1.40. The van der Waals surface area contributed by atoms with Crippen LogP contribution in [0.1, 0.15) is 32.2 Å². The van der Waals surface area contributed by atoms with Gasteiger partial charge in [0.1, 0.15) is 0 Å². The van der Waals surface area contributed by atoms with Crippen molar-refractivity contribution in [1.29, 1.82) is 0 Å². The van der Waals surface area contributed by atoms with Gasteiger partial charge >= 0.3 is 11.9 Å². The van der Waals surface area contributed by atoms with Crippen molar-refractivity contribution in [2.24, 2.45) is 10.4 Å². The number of amidine groups is 1. The molecule has 35 heavy (non-hydrogen) atoms. The molecule has 4 heterocycles. The molecular weight excluding hydrogens is 488 g/mol. The van der Waals surface area contributed by atoms with E-state index in [-0.39, 0.29) is 18.6 Å². The first kappa shape index (κ1) is 25.5. The van der Waals surface area contributed by atoms with Gasteiger partial charge in [0.05, 0.1) is 24.1 Å². The Morgan fingerprint density at radius 3 is 2.83 bits per heavy atom. The fraction of sp³-hybridized carbons (Fsp3) is 0.609. The number of thiocarbonyl (C=S) groups is 1. The molecule has 0 aromatic carbocycles. The van der Waals surface area contributed by atoms with E-state index in [9.17, 15) is 14.7 Å². The highest BCUT2D eigenvalue weighted by atomic mass is 32.1. The summed E-state index contributed by atoms with van der Waals surface area (Å²) in [6.45, 7) is 9.88. The quantitative estimate of drug-likeness (QED) is 0.385. The summed E-state index contributed by atoms with van der Waals surface area (Å²) in [5.74, 6) is -0.484. The molecule has 1 aromatic heterocycles. The number of nitrogens with zero attached hydrogens (tertiary/aromatic N) is 5. The molecule has 4 rings (SSSR count). The normalized spacial score (nSPS) is 21.4. The second kappa shape index (κ2) is 10.6. The monoisotopic (exact) mass is 520 g/mol. The van der Waals surface area contributed by atoms with Gasteiger partial charge in [-0.3, -0.25) is 14.7 Å². The zero-order valence-corrected chi connectivity index (χ0v) is 22.0. The number of hydrogen-bond donors (Lipinski definition) is 2. The largest absolute Gasteiger partial charge is 0.481 e. The van der Waals surface area contributed by atoms with E-state index in [2.05, 4.69) is 25.1 Å². The summed E-state index contributed by atoms with van der Waals surface area (Å²) in [6, 6.07) is 0.253. The average Bonchev–Trinajstić information content (AvgIpc) is 3.36. The number of hydrogen-bond acceptors (Lipinski definition) is 9. The lowest BCUT2D eigenvalue weighted by Crippen LogP contribution is -2.63. The number of aliphatic imine (C=N–C) groups is 1. The fourth-order valence-corrected chi connectivity index (χ4v) is 5.57. The maximum atomic E-state index is 12.6. The number of thiazole rings is 1. The zero-order valence-electron chi connectivity index (χ0n) is 20.3. The summed E-state index contributed by atoms with van der Waals surface area (Å²) in [5, 5.41) is 16.3. The molecule has 190 valence electrons. The summed E-state index contributed by atoms with van der Waals surface area (Å²) in [6.07, 6.45) is 2.63. The third-order valence-electron chi connectivity index (χ3n) is 6.55. The van der Waals surface area contributed by atoms with Crippen LogP contribution in [0.25, 0.3) is 0 Å². The molecule has 3 aliphatic heterocycles. The second-order valence-electron chi connectivity index (χ2n) is 9.57. The topological polar surface area (TPSA) is 111 Å². The third kappa shape index (κ3) is 5.65. The Kier molecular flexibility index (Phi) is 7.72. The summed E-state index contributed by atoms with van der Waals surface area (Å²) in [7, 11) is 0. The Bertz CT molecular complexity index is 1040. The minimum absolute atomic E-state index is 0.253. The zero-order chi connectivity index (χ0) is 25.2. The van der Waals surface area contributed by atoms with E-state index in [4.69, 9.17) is 17.0 Å². The first-order valence-electron chi connectivity index (χ1n) is 11.8. The number of carbonyl (C=O) groups excluding carboxylic acids is 1. The lowest BCUT2D eigenvalue weighted by Gasteiger charge is -2.50. The average molecular weight is 521 g/mol. The molecule has 2 fully saturated rings. The standard InChI is InChI=1S/C23H32N6O4S2/c1-4-33-20(30)16-11-25-18(19-24-6-10-35-19)26-17(16)13-27-8-9-29-15(12-27)5-7-28(22(29)34)14-23(2,3)21(31)32/h6,10,15H,4-5,7-9,11-14H2,1-3H3,(H,25,26)(H,31,32)/t15-/m0/s1. The van der Waals surface area contributed by atoms with Crippen molar-refractivity contribution in [2.75, 3.05) is 52.4 Å². The van der Waals surface area contributed by atoms with Crippen LogP contribution in [0.2, 0.25) is 0 Å². The number of piperazine rings is 1. The van der Waals surface area contributed by atoms with E-state index < -0.39 is 11.4 Å². The molecule has 2 N–H and O–H groups in total. The molecule has 0 saturated carbocycles. The molecule has 0 spiro atoms. The van der Waals surface area contributed by atoms with Gasteiger partial charge in [0.25, 0.3) is 0 Å². The minimum Gasteiger partial charge on any atom is -0.481 e. The number of aromatic nitrogens is 1. The Labute approximate surface area is 214 Å². The number of fused-ring (bicyclic) bond motifs is 1. The highest BCUT2D eigenvalue weighted by Gasteiger charge is 2.39. The highest BCUT2D eigenvalue weighted by Crippen LogP contribution is 2.26. The van der Waals surface area contributed by atoms with Gasteiger partial charge in [0.15, 0.2) is 16.0 Å². The number of nitrogens with one attached hydrogen (secondary N) is 1. The van der Waals surface area contributed by atoms with E-state index in [0.717, 1.165) is 48.4 Å². The van der Waals surface area contributed by atoms with E-state index >= 15 is 0 Å². The number of rotatable bonds is 8. The molecule has 1 atom stereocenters. The number of ether oxygens (including phenoxy) is 1. The van der Waals surface area contributed by atoms with Gasteiger partial charge in [-0.25, -0.2) is 9.78 Å². The van der Waals surface area contributed by atoms with Gasteiger partial charge in [0.2, 0.25) is 0 Å². The van der Waals surface area contributed by atoms with Crippen molar-refractivity contribution < 1.29 is 19.4 Å². The second-order valence-corrected chi connectivity index (χ2v) is 10.8. The summed E-state index contributed by atoms with van der Waals surface area (Å²) >= 11 is 7.26. The molecule has 0 bridgehead atoms. The van der Waals surface area contributed by atoms with Crippen LogP contribution in [-0.2, 0) is 14.3 Å². The van der Waals surface area contributed by atoms with Crippen LogP contribution in [0.5, 0.6) is 0 Å². The van der Waals surface area contributed by atoms with Gasteiger partial charge in [-0.05, 0) is 39.4 Å². The van der Waals surface area contributed by atoms with E-state index in [1.165, 1.54) is 11.3 Å². The summed E-state index contributed by atoms with van der Waals surface area (Å²) < 4.78 is 5.28. The number of esters is 1. The SMILES string of the molecule is CCOC(=O)C1=C(CN2CCN3C(=S)N(CC(C)(C)C(=O)O)CC[C@H]3C2)NC(c2nccs2)=NC1. The maximum Gasteiger partial charge on any atom is 0.337 e. The van der Waals surface area contributed by atoms with Crippen LogP contribution < -0.4 is 5.32 Å². The molecule has 12 heteroatoms. The first-order chi connectivity index (χ1) is 16.7. The van der Waals surface area contributed by atoms with Crippen LogP contribution in [0.3, 0.4) is 0 Å². The molecule has 3 aliphatic rings. The van der Waals surface area contributed by atoms with Gasteiger partial charge in [-0.2, -0.15) is 0 Å². The Morgan fingerprint density at radius 1 is 1.34 bits per heavy atom. The molecule has 0 radical (unpaired) electrons. The van der Waals surface area contributed by atoms with Gasteiger partial charge < -0.3 is 25.0 Å². The van der Waals surface area contributed by atoms with Gasteiger partial charge in [-0.15, -0.1) is 11.3 Å². The van der Waals surface area contributed by atoms with Crippen molar-refractivity contribution in [3.05, 3.63) is 27.9 Å².